The van der Waals surface area contributed by atoms with E-state index < -0.39 is 23.1 Å². The van der Waals surface area contributed by atoms with Gasteiger partial charge in [-0.05, 0) is 29.8 Å². The molecule has 0 fully saturated rings. The zero-order valence-corrected chi connectivity index (χ0v) is 14.6. The van der Waals surface area contributed by atoms with E-state index in [1.54, 1.807) is 49.6 Å². The summed E-state index contributed by atoms with van der Waals surface area (Å²) in [6.07, 6.45) is -0.910. The van der Waals surface area contributed by atoms with E-state index in [2.05, 4.69) is 10.4 Å². The number of carbonyl (C=O) groups is 1. The highest BCUT2D eigenvalue weighted by molar-refractivity contribution is 5.81. The summed E-state index contributed by atoms with van der Waals surface area (Å²) in [7, 11) is 1.55. The molecule has 8 heteroatoms. The lowest BCUT2D eigenvalue weighted by Gasteiger charge is -2.13. The third-order valence-corrected chi connectivity index (χ3v) is 4.18. The van der Waals surface area contributed by atoms with Crippen LogP contribution in [0.5, 0.6) is 5.75 Å². The maximum Gasteiger partial charge on any atom is 0.273 e. The first-order valence-electron chi connectivity index (χ1n) is 8.30. The van der Waals surface area contributed by atoms with Crippen molar-refractivity contribution in [2.45, 2.75) is 12.6 Å². The van der Waals surface area contributed by atoms with E-state index in [9.17, 15) is 19.5 Å². The SMILES string of the molecule is COc1ccc(C(O)CNC(=O)Cn2[nH]c(=O)c3ccccc3c2=O)cc1. The van der Waals surface area contributed by atoms with Gasteiger partial charge in [0.25, 0.3) is 11.1 Å². The fourth-order valence-electron chi connectivity index (χ4n) is 2.71. The summed E-state index contributed by atoms with van der Waals surface area (Å²) in [4.78, 5) is 36.6. The molecule has 0 aliphatic rings. The predicted octanol–water partition coefficient (Wildman–Crippen LogP) is 0.548. The molecule has 27 heavy (non-hydrogen) atoms. The molecule has 3 rings (SSSR count). The van der Waals surface area contributed by atoms with E-state index in [1.807, 2.05) is 0 Å². The van der Waals surface area contributed by atoms with Crippen molar-refractivity contribution in [2.75, 3.05) is 13.7 Å². The topological polar surface area (TPSA) is 113 Å². The van der Waals surface area contributed by atoms with Gasteiger partial charge in [0, 0.05) is 6.54 Å². The molecule has 1 unspecified atom stereocenters. The summed E-state index contributed by atoms with van der Waals surface area (Å²) in [6, 6.07) is 13.2. The van der Waals surface area contributed by atoms with Crippen LogP contribution in [0.4, 0.5) is 0 Å². The van der Waals surface area contributed by atoms with Gasteiger partial charge < -0.3 is 15.2 Å². The Hall–Kier alpha value is -3.39. The molecule has 140 valence electrons. The highest BCUT2D eigenvalue weighted by atomic mass is 16.5. The van der Waals surface area contributed by atoms with E-state index in [1.165, 1.54) is 6.07 Å². The summed E-state index contributed by atoms with van der Waals surface area (Å²) in [6.45, 7) is -0.383. The molecule has 1 heterocycles. The van der Waals surface area contributed by atoms with Crippen molar-refractivity contribution in [2.24, 2.45) is 0 Å². The highest BCUT2D eigenvalue weighted by Crippen LogP contribution is 2.16. The predicted molar refractivity (Wildman–Crippen MR) is 99.8 cm³/mol. The number of H-pyrrole nitrogens is 1. The number of aliphatic hydroxyl groups is 1. The molecule has 1 aromatic heterocycles. The second-order valence-electron chi connectivity index (χ2n) is 5.97. The van der Waals surface area contributed by atoms with Gasteiger partial charge in [0.1, 0.15) is 12.3 Å². The van der Waals surface area contributed by atoms with Crippen LogP contribution < -0.4 is 21.2 Å². The number of methoxy groups -OCH3 is 1. The molecule has 3 N–H and O–H groups in total. The lowest BCUT2D eigenvalue weighted by Crippen LogP contribution is -2.38. The van der Waals surface area contributed by atoms with E-state index in [0.717, 1.165) is 4.68 Å². The van der Waals surface area contributed by atoms with Crippen molar-refractivity contribution in [1.82, 2.24) is 15.1 Å². The van der Waals surface area contributed by atoms with Gasteiger partial charge >= 0.3 is 0 Å². The number of ether oxygens (including phenoxy) is 1. The van der Waals surface area contributed by atoms with Crippen LogP contribution in [0.25, 0.3) is 10.8 Å². The van der Waals surface area contributed by atoms with Crippen molar-refractivity contribution >= 4 is 16.7 Å². The zero-order valence-electron chi connectivity index (χ0n) is 14.6. The number of benzene rings is 2. The number of hydrogen-bond acceptors (Lipinski definition) is 5. The van der Waals surface area contributed by atoms with Gasteiger partial charge in [-0.1, -0.05) is 24.3 Å². The minimum atomic E-state index is -0.910. The van der Waals surface area contributed by atoms with Crippen LogP contribution in [0.15, 0.2) is 58.1 Å². The van der Waals surface area contributed by atoms with Crippen molar-refractivity contribution in [3.05, 3.63) is 74.8 Å². The number of fused-ring (bicyclic) bond motifs is 1. The highest BCUT2D eigenvalue weighted by Gasteiger charge is 2.12. The summed E-state index contributed by atoms with van der Waals surface area (Å²) < 4.78 is 6.01. The van der Waals surface area contributed by atoms with Crippen LogP contribution in [0.2, 0.25) is 0 Å². The molecule has 1 atom stereocenters. The van der Waals surface area contributed by atoms with Crippen LogP contribution in [0.1, 0.15) is 11.7 Å². The lowest BCUT2D eigenvalue weighted by molar-refractivity contribution is -0.122. The first kappa shape index (κ1) is 18.4. The molecular weight excluding hydrogens is 350 g/mol. The van der Waals surface area contributed by atoms with Crippen molar-refractivity contribution in [3.8, 4) is 5.75 Å². The smallest absolute Gasteiger partial charge is 0.273 e. The third kappa shape index (κ3) is 4.06. The molecule has 3 aromatic rings. The molecule has 0 spiro atoms. The van der Waals surface area contributed by atoms with Gasteiger partial charge in [0.15, 0.2) is 0 Å². The minimum absolute atomic E-state index is 0.0300. The summed E-state index contributed by atoms with van der Waals surface area (Å²) in [5.41, 5.74) is -0.292. The average Bonchev–Trinajstić information content (AvgIpc) is 2.70. The number of hydrogen-bond donors (Lipinski definition) is 3. The van der Waals surface area contributed by atoms with E-state index in [-0.39, 0.29) is 23.9 Å². The second kappa shape index (κ2) is 7.88. The fraction of sp³-hybridized carbons (Fsp3) is 0.211. The summed E-state index contributed by atoms with van der Waals surface area (Å²) >= 11 is 0. The number of aromatic amines is 1. The monoisotopic (exact) mass is 369 g/mol. The van der Waals surface area contributed by atoms with E-state index in [4.69, 9.17) is 4.74 Å². The summed E-state index contributed by atoms with van der Waals surface area (Å²) in [5.74, 6) is 0.158. The number of amides is 1. The minimum Gasteiger partial charge on any atom is -0.497 e. The first-order valence-corrected chi connectivity index (χ1v) is 8.30. The molecule has 8 nitrogen and oxygen atoms in total. The zero-order chi connectivity index (χ0) is 19.4. The Balaban J connectivity index is 1.67. The van der Waals surface area contributed by atoms with Gasteiger partial charge in [-0.15, -0.1) is 0 Å². The number of aromatic nitrogens is 2. The van der Waals surface area contributed by atoms with E-state index >= 15 is 0 Å². The summed E-state index contributed by atoms with van der Waals surface area (Å²) in [5, 5.41) is 15.6. The van der Waals surface area contributed by atoms with Crippen molar-refractivity contribution in [3.63, 3.8) is 0 Å². The van der Waals surface area contributed by atoms with Crippen LogP contribution in [-0.4, -0.2) is 34.4 Å². The standard InChI is InChI=1S/C19H19N3O5/c1-27-13-8-6-12(7-9-13)16(23)10-20-17(24)11-22-19(26)15-5-3-2-4-14(15)18(25)21-22/h2-9,16,23H,10-11H2,1H3,(H,20,24)(H,21,25). The van der Waals surface area contributed by atoms with Gasteiger partial charge in [0.2, 0.25) is 5.91 Å². The van der Waals surface area contributed by atoms with Gasteiger partial charge in [-0.25, -0.2) is 4.68 Å². The van der Waals surface area contributed by atoms with Crippen LogP contribution >= 0.6 is 0 Å². The normalized spacial score (nSPS) is 11.9. The van der Waals surface area contributed by atoms with Crippen molar-refractivity contribution in [1.29, 1.82) is 0 Å². The Morgan fingerprint density at radius 3 is 2.48 bits per heavy atom. The van der Waals surface area contributed by atoms with Gasteiger partial charge in [0.05, 0.1) is 24.0 Å². The Kier molecular flexibility index (Phi) is 5.37. The average molecular weight is 369 g/mol. The Labute approximate surface area is 154 Å². The number of nitrogens with one attached hydrogen (secondary N) is 2. The second-order valence-corrected chi connectivity index (χ2v) is 5.97. The largest absolute Gasteiger partial charge is 0.497 e. The van der Waals surface area contributed by atoms with Crippen LogP contribution in [-0.2, 0) is 11.3 Å². The van der Waals surface area contributed by atoms with Gasteiger partial charge in [-0.2, -0.15) is 0 Å². The molecule has 0 aliphatic heterocycles. The molecule has 0 bridgehead atoms. The maximum absolute atomic E-state index is 12.4. The molecule has 0 saturated heterocycles. The van der Waals surface area contributed by atoms with Crippen LogP contribution in [0.3, 0.4) is 0 Å². The molecule has 1 amide bonds. The quantitative estimate of drug-likeness (QED) is 0.587. The molecule has 0 aliphatic carbocycles. The number of carbonyl (C=O) groups excluding carboxylic acids is 1. The number of aliphatic hydroxyl groups excluding tert-OH is 1. The fourth-order valence-corrected chi connectivity index (χ4v) is 2.71. The Bertz CT molecular complexity index is 1070. The Morgan fingerprint density at radius 2 is 1.81 bits per heavy atom. The maximum atomic E-state index is 12.4. The Morgan fingerprint density at radius 1 is 1.15 bits per heavy atom. The number of rotatable bonds is 6. The molecule has 2 aromatic carbocycles. The first-order chi connectivity index (χ1) is 13.0. The molecular formula is C19H19N3O5. The van der Waals surface area contributed by atoms with Gasteiger partial charge in [-0.3, -0.25) is 19.5 Å². The van der Waals surface area contributed by atoms with Crippen molar-refractivity contribution < 1.29 is 14.6 Å². The third-order valence-electron chi connectivity index (χ3n) is 4.18. The van der Waals surface area contributed by atoms with Crippen LogP contribution in [0, 0.1) is 0 Å². The lowest BCUT2D eigenvalue weighted by atomic mass is 10.1. The number of nitrogens with zero attached hydrogens (tertiary/aromatic N) is 1. The van der Waals surface area contributed by atoms with E-state index in [0.29, 0.717) is 11.3 Å². The molecule has 0 radical (unpaired) electrons. The molecule has 0 saturated carbocycles.